The Bertz CT molecular complexity index is 582. The van der Waals surface area contributed by atoms with Gasteiger partial charge in [0.15, 0.2) is 5.96 Å². The van der Waals surface area contributed by atoms with Crippen molar-refractivity contribution in [1.82, 2.24) is 14.5 Å². The molecule has 0 amide bonds. The van der Waals surface area contributed by atoms with Gasteiger partial charge in [-0.15, -0.1) is 24.0 Å². The Balaban J connectivity index is 0.00000169. The first kappa shape index (κ1) is 18.7. The molecule has 24 heavy (non-hydrogen) atoms. The quantitative estimate of drug-likeness (QED) is 0.366. The van der Waals surface area contributed by atoms with E-state index in [0.29, 0.717) is 49.4 Å². The summed E-state index contributed by atoms with van der Waals surface area (Å²) in [5, 5.41) is 3.34. The number of guanidine groups is 1. The highest BCUT2D eigenvalue weighted by Gasteiger charge is 2.53. The minimum Gasteiger partial charge on any atom is -0.374 e. The van der Waals surface area contributed by atoms with Crippen LogP contribution in [0.1, 0.15) is 19.3 Å². The first-order chi connectivity index (χ1) is 11.1. The molecule has 0 aromatic carbocycles. The summed E-state index contributed by atoms with van der Waals surface area (Å²) in [6.45, 7) is 3.80. The second-order valence-electron chi connectivity index (χ2n) is 7.07. The molecule has 4 heterocycles. The van der Waals surface area contributed by atoms with Gasteiger partial charge in [-0.2, -0.15) is 0 Å². The summed E-state index contributed by atoms with van der Waals surface area (Å²) < 4.78 is 31.2. The summed E-state index contributed by atoms with van der Waals surface area (Å²) in [6.07, 6.45) is 4.05. The third kappa shape index (κ3) is 3.28. The van der Waals surface area contributed by atoms with Crippen LogP contribution in [0.15, 0.2) is 4.99 Å². The highest BCUT2D eigenvalue weighted by molar-refractivity contribution is 14.0. The number of hydrogen-bond donors (Lipinski definition) is 1. The van der Waals surface area contributed by atoms with Gasteiger partial charge in [0.2, 0.25) is 10.0 Å². The zero-order valence-electron chi connectivity index (χ0n) is 14.1. The van der Waals surface area contributed by atoms with Crippen molar-refractivity contribution in [2.45, 2.75) is 31.5 Å². The third-order valence-electron chi connectivity index (χ3n) is 5.81. The monoisotopic (exact) mass is 470 g/mol. The van der Waals surface area contributed by atoms with Crippen molar-refractivity contribution in [3.8, 4) is 0 Å². The lowest BCUT2D eigenvalue weighted by atomic mass is 9.82. The summed E-state index contributed by atoms with van der Waals surface area (Å²) in [6, 6.07) is 0. The molecule has 0 saturated carbocycles. The van der Waals surface area contributed by atoms with Gasteiger partial charge in [-0.1, -0.05) is 0 Å². The molecule has 138 valence electrons. The van der Waals surface area contributed by atoms with E-state index in [-0.39, 0.29) is 24.0 Å². The maximum atomic E-state index is 11.8. The summed E-state index contributed by atoms with van der Waals surface area (Å²) in [5.41, 5.74) is 0. The number of fused-ring (bicyclic) bond motifs is 5. The van der Waals surface area contributed by atoms with Crippen LogP contribution in [0.4, 0.5) is 0 Å². The summed E-state index contributed by atoms with van der Waals surface area (Å²) in [5.74, 6) is 2.48. The molecule has 4 atom stereocenters. The lowest BCUT2D eigenvalue weighted by Crippen LogP contribution is -2.44. The Morgan fingerprint density at radius 2 is 1.92 bits per heavy atom. The van der Waals surface area contributed by atoms with Gasteiger partial charge in [-0.3, -0.25) is 4.99 Å². The van der Waals surface area contributed by atoms with Crippen molar-refractivity contribution in [3.05, 3.63) is 0 Å². The lowest BCUT2D eigenvalue weighted by molar-refractivity contribution is 0.0767. The molecule has 1 N–H and O–H groups in total. The lowest BCUT2D eigenvalue weighted by Gasteiger charge is -2.24. The zero-order chi connectivity index (χ0) is 16.0. The molecule has 0 aliphatic carbocycles. The second-order valence-corrected chi connectivity index (χ2v) is 9.15. The molecule has 4 aliphatic heterocycles. The first-order valence-corrected chi connectivity index (χ1v) is 10.3. The van der Waals surface area contributed by atoms with E-state index in [9.17, 15) is 8.42 Å². The van der Waals surface area contributed by atoms with Crippen molar-refractivity contribution in [1.29, 1.82) is 0 Å². The number of hydrogen-bond acceptors (Lipinski definition) is 4. The molecule has 2 bridgehead atoms. The molecular formula is C15H27IN4O3S. The van der Waals surface area contributed by atoms with Crippen molar-refractivity contribution in [2.75, 3.05) is 45.5 Å². The van der Waals surface area contributed by atoms with Crippen LogP contribution >= 0.6 is 24.0 Å². The molecule has 7 nitrogen and oxygen atoms in total. The van der Waals surface area contributed by atoms with Crippen LogP contribution in [0.3, 0.4) is 0 Å². The number of likely N-dealkylation sites (tertiary alicyclic amines) is 1. The topological polar surface area (TPSA) is 74.2 Å². The maximum absolute atomic E-state index is 11.8. The van der Waals surface area contributed by atoms with Crippen molar-refractivity contribution in [3.63, 3.8) is 0 Å². The Morgan fingerprint density at radius 3 is 2.46 bits per heavy atom. The number of nitrogens with zero attached hydrogens (tertiary/aromatic N) is 3. The van der Waals surface area contributed by atoms with Gasteiger partial charge in [0.25, 0.3) is 0 Å². The number of rotatable bonds is 3. The molecule has 4 rings (SSSR count). The van der Waals surface area contributed by atoms with Crippen molar-refractivity contribution in [2.24, 2.45) is 16.8 Å². The Hall–Kier alpha value is -0.130. The van der Waals surface area contributed by atoms with Gasteiger partial charge in [-0.25, -0.2) is 12.7 Å². The van der Waals surface area contributed by atoms with Crippen molar-refractivity contribution >= 4 is 40.0 Å². The standard InChI is InChI=1S/C15H26N4O3S.HI/c1-16-15(17-5-7-19-6-2-8-23(19,20)21)18-9-11-12(10-18)14-4-3-13(11)22-14;/h11-14H,2-10H2,1H3,(H,16,17);1H. The maximum Gasteiger partial charge on any atom is 0.214 e. The van der Waals surface area contributed by atoms with Crippen molar-refractivity contribution < 1.29 is 13.2 Å². The molecule has 4 aliphatic rings. The van der Waals surface area contributed by atoms with E-state index in [0.717, 1.165) is 25.5 Å². The summed E-state index contributed by atoms with van der Waals surface area (Å²) in [7, 11) is -1.21. The molecule has 9 heteroatoms. The van der Waals surface area contributed by atoms with Gasteiger partial charge in [0, 0.05) is 51.6 Å². The van der Waals surface area contributed by atoms with Crippen LogP contribution in [-0.2, 0) is 14.8 Å². The van der Waals surface area contributed by atoms with E-state index < -0.39 is 10.0 Å². The van der Waals surface area contributed by atoms with Crippen LogP contribution in [0, 0.1) is 11.8 Å². The van der Waals surface area contributed by atoms with Crippen LogP contribution in [-0.4, -0.2) is 81.3 Å². The molecule has 0 aromatic rings. The second kappa shape index (κ2) is 7.24. The predicted octanol–water partition coefficient (Wildman–Crippen LogP) is 0.325. The molecule has 4 saturated heterocycles. The first-order valence-electron chi connectivity index (χ1n) is 8.67. The summed E-state index contributed by atoms with van der Waals surface area (Å²) >= 11 is 0. The van der Waals surface area contributed by atoms with E-state index in [1.165, 1.54) is 12.8 Å². The Kier molecular flexibility index (Phi) is 5.63. The molecule has 0 radical (unpaired) electrons. The molecule has 0 spiro atoms. The number of halogens is 1. The number of nitrogens with one attached hydrogen (secondary N) is 1. The smallest absolute Gasteiger partial charge is 0.214 e. The molecule has 0 aromatic heterocycles. The van der Waals surface area contributed by atoms with Gasteiger partial charge in [-0.05, 0) is 19.3 Å². The minimum atomic E-state index is -3.01. The van der Waals surface area contributed by atoms with Crippen LogP contribution in [0.25, 0.3) is 0 Å². The molecular weight excluding hydrogens is 443 g/mol. The predicted molar refractivity (Wildman–Crippen MR) is 103 cm³/mol. The van der Waals surface area contributed by atoms with E-state index >= 15 is 0 Å². The minimum absolute atomic E-state index is 0. The average Bonchev–Trinajstić information content (AvgIpc) is 3.25. The fraction of sp³-hybridized carbons (Fsp3) is 0.933. The van der Waals surface area contributed by atoms with Crippen LogP contribution < -0.4 is 5.32 Å². The SMILES string of the molecule is CN=C(NCCN1CCCS1(=O)=O)N1CC2C3CCC(O3)C2C1.I. The number of aliphatic imine (C=N–C) groups is 1. The van der Waals surface area contributed by atoms with E-state index in [4.69, 9.17) is 4.74 Å². The van der Waals surface area contributed by atoms with E-state index in [1.54, 1.807) is 11.4 Å². The molecule has 4 fully saturated rings. The number of sulfonamides is 1. The van der Waals surface area contributed by atoms with Crippen LogP contribution in [0.5, 0.6) is 0 Å². The van der Waals surface area contributed by atoms with Gasteiger partial charge in [0.05, 0.1) is 18.0 Å². The third-order valence-corrected chi connectivity index (χ3v) is 7.77. The van der Waals surface area contributed by atoms with Gasteiger partial charge < -0.3 is 15.0 Å². The van der Waals surface area contributed by atoms with Gasteiger partial charge in [0.1, 0.15) is 0 Å². The summed E-state index contributed by atoms with van der Waals surface area (Å²) in [4.78, 5) is 6.71. The van der Waals surface area contributed by atoms with Crippen LogP contribution in [0.2, 0.25) is 0 Å². The zero-order valence-corrected chi connectivity index (χ0v) is 17.2. The molecule has 4 unspecified atom stereocenters. The van der Waals surface area contributed by atoms with E-state index in [1.807, 2.05) is 0 Å². The normalized spacial score (nSPS) is 37.5. The highest BCUT2D eigenvalue weighted by Crippen LogP contribution is 2.47. The largest absolute Gasteiger partial charge is 0.374 e. The number of ether oxygens (including phenoxy) is 1. The van der Waals surface area contributed by atoms with Gasteiger partial charge >= 0.3 is 0 Å². The Labute approximate surface area is 161 Å². The fourth-order valence-electron chi connectivity index (χ4n) is 4.70. The Morgan fingerprint density at radius 1 is 1.25 bits per heavy atom. The highest BCUT2D eigenvalue weighted by atomic mass is 127. The van der Waals surface area contributed by atoms with E-state index in [2.05, 4.69) is 15.2 Å². The average molecular weight is 470 g/mol. The fourth-order valence-corrected chi connectivity index (χ4v) is 6.23.